The molecule has 0 bridgehead atoms. The molecule has 2 aromatic rings. The molecule has 7 heteroatoms. The number of methoxy groups -OCH3 is 2. The number of likely N-dealkylation sites (N-methyl/N-ethyl adjacent to an activating group) is 1. The van der Waals surface area contributed by atoms with Crippen LogP contribution in [-0.2, 0) is 11.2 Å². The number of hydrogen-bond acceptors (Lipinski definition) is 4. The van der Waals surface area contributed by atoms with E-state index < -0.39 is 0 Å². The smallest absolute Gasteiger partial charge is 0.279 e. The van der Waals surface area contributed by atoms with Crippen LogP contribution < -0.4 is 25.0 Å². The summed E-state index contributed by atoms with van der Waals surface area (Å²) in [4.78, 5) is 25.1. The van der Waals surface area contributed by atoms with Crippen molar-refractivity contribution in [1.29, 1.82) is 0 Å². The molecule has 0 heterocycles. The summed E-state index contributed by atoms with van der Waals surface area (Å²) >= 11 is 0. The lowest BCUT2D eigenvalue weighted by molar-refractivity contribution is -0.870. The van der Waals surface area contributed by atoms with Gasteiger partial charge in [0.15, 0.2) is 18.0 Å². The van der Waals surface area contributed by atoms with E-state index in [1.165, 1.54) is 0 Å². The minimum absolute atomic E-state index is 0.0983. The largest absolute Gasteiger partial charge is 0.493 e. The zero-order chi connectivity index (χ0) is 20.5. The fraction of sp³-hybridized carbons (Fsp3) is 0.333. The van der Waals surface area contributed by atoms with Crippen molar-refractivity contribution in [3.8, 4) is 11.5 Å². The average molecular weight is 386 g/mol. The summed E-state index contributed by atoms with van der Waals surface area (Å²) in [6.07, 6.45) is 0.811. The molecule has 0 radical (unpaired) electrons. The van der Waals surface area contributed by atoms with Gasteiger partial charge in [0, 0.05) is 24.7 Å². The normalized spacial score (nSPS) is 11.4. The first-order valence-corrected chi connectivity index (χ1v) is 9.11. The monoisotopic (exact) mass is 386 g/mol. The SMILES string of the molecule is CNC(=O)c1cccc(NC(=O)C[NH+](C)CCc2ccc(OC)c(OC)c2)c1. The number of ether oxygens (including phenoxy) is 2. The standard InChI is InChI=1S/C21H27N3O4/c1-22-21(26)16-6-5-7-17(13-16)23-20(25)14-24(2)11-10-15-8-9-18(27-3)19(12-15)28-4/h5-9,12-13H,10-11,14H2,1-4H3,(H,22,26)(H,23,25)/p+1. The third kappa shape index (κ3) is 5.99. The molecule has 2 amide bonds. The fourth-order valence-corrected chi connectivity index (χ4v) is 2.84. The summed E-state index contributed by atoms with van der Waals surface area (Å²) in [7, 11) is 6.77. The van der Waals surface area contributed by atoms with Crippen LogP contribution in [0, 0.1) is 0 Å². The summed E-state index contributed by atoms with van der Waals surface area (Å²) in [5, 5.41) is 5.42. The van der Waals surface area contributed by atoms with E-state index in [0.717, 1.165) is 23.4 Å². The van der Waals surface area contributed by atoms with Gasteiger partial charge in [0.05, 0.1) is 27.8 Å². The zero-order valence-corrected chi connectivity index (χ0v) is 16.8. The zero-order valence-electron chi connectivity index (χ0n) is 16.8. The predicted octanol–water partition coefficient (Wildman–Crippen LogP) is 0.759. The Hall–Kier alpha value is -3.06. The second kappa shape index (κ2) is 10.3. The van der Waals surface area contributed by atoms with Crippen LogP contribution in [0.1, 0.15) is 15.9 Å². The van der Waals surface area contributed by atoms with Crippen LogP contribution in [0.3, 0.4) is 0 Å². The summed E-state index contributed by atoms with van der Waals surface area (Å²) in [6, 6.07) is 12.7. The van der Waals surface area contributed by atoms with E-state index in [1.54, 1.807) is 45.5 Å². The number of carbonyl (C=O) groups is 2. The van der Waals surface area contributed by atoms with Crippen molar-refractivity contribution in [3.05, 3.63) is 53.6 Å². The number of quaternary nitrogens is 1. The molecule has 2 rings (SSSR count). The average Bonchev–Trinajstić information content (AvgIpc) is 2.71. The van der Waals surface area contributed by atoms with Crippen LogP contribution in [0.5, 0.6) is 11.5 Å². The summed E-state index contributed by atoms with van der Waals surface area (Å²) in [5.74, 6) is 1.12. The highest BCUT2D eigenvalue weighted by Crippen LogP contribution is 2.27. The van der Waals surface area contributed by atoms with Crippen LogP contribution in [0.25, 0.3) is 0 Å². The quantitative estimate of drug-likeness (QED) is 0.594. The molecular weight excluding hydrogens is 358 g/mol. The van der Waals surface area contributed by atoms with Gasteiger partial charge in [-0.1, -0.05) is 12.1 Å². The summed E-state index contributed by atoms with van der Waals surface area (Å²) in [6.45, 7) is 1.12. The van der Waals surface area contributed by atoms with Crippen molar-refractivity contribution < 1.29 is 24.0 Å². The molecule has 0 aliphatic heterocycles. The Balaban J connectivity index is 1.87. The van der Waals surface area contributed by atoms with E-state index in [-0.39, 0.29) is 11.8 Å². The summed E-state index contributed by atoms with van der Waals surface area (Å²) < 4.78 is 10.6. The van der Waals surface area contributed by atoms with Crippen molar-refractivity contribution in [1.82, 2.24) is 5.32 Å². The molecule has 0 aliphatic rings. The second-order valence-electron chi connectivity index (χ2n) is 6.53. The number of nitrogens with one attached hydrogen (secondary N) is 3. The molecule has 7 nitrogen and oxygen atoms in total. The highest BCUT2D eigenvalue weighted by molar-refractivity contribution is 5.97. The van der Waals surface area contributed by atoms with Gasteiger partial charge in [-0.2, -0.15) is 0 Å². The van der Waals surface area contributed by atoms with Crippen molar-refractivity contribution in [2.45, 2.75) is 6.42 Å². The van der Waals surface area contributed by atoms with Crippen molar-refractivity contribution in [2.75, 3.05) is 46.7 Å². The van der Waals surface area contributed by atoms with E-state index in [4.69, 9.17) is 9.47 Å². The number of amides is 2. The molecule has 2 aromatic carbocycles. The lowest BCUT2D eigenvalue weighted by Crippen LogP contribution is -3.10. The lowest BCUT2D eigenvalue weighted by Gasteiger charge is -2.15. The van der Waals surface area contributed by atoms with E-state index >= 15 is 0 Å². The fourth-order valence-electron chi connectivity index (χ4n) is 2.84. The number of anilines is 1. The van der Waals surface area contributed by atoms with Gasteiger partial charge in [-0.3, -0.25) is 9.59 Å². The maximum absolute atomic E-state index is 12.3. The molecule has 0 aromatic heterocycles. The highest BCUT2D eigenvalue weighted by atomic mass is 16.5. The highest BCUT2D eigenvalue weighted by Gasteiger charge is 2.12. The molecule has 150 valence electrons. The molecule has 1 atom stereocenters. The van der Waals surface area contributed by atoms with Gasteiger partial charge < -0.3 is 25.0 Å². The van der Waals surface area contributed by atoms with Gasteiger partial charge >= 0.3 is 0 Å². The van der Waals surface area contributed by atoms with Crippen molar-refractivity contribution in [2.24, 2.45) is 0 Å². The van der Waals surface area contributed by atoms with Gasteiger partial charge in [0.2, 0.25) is 0 Å². The third-order valence-electron chi connectivity index (χ3n) is 4.39. The minimum atomic E-state index is -0.186. The molecule has 1 unspecified atom stereocenters. The first-order chi connectivity index (χ1) is 13.5. The maximum atomic E-state index is 12.3. The predicted molar refractivity (Wildman–Crippen MR) is 108 cm³/mol. The number of hydrogen-bond donors (Lipinski definition) is 3. The minimum Gasteiger partial charge on any atom is -0.493 e. The van der Waals surface area contributed by atoms with E-state index in [0.29, 0.717) is 29.3 Å². The van der Waals surface area contributed by atoms with Crippen LogP contribution in [0.15, 0.2) is 42.5 Å². The van der Waals surface area contributed by atoms with Crippen molar-refractivity contribution in [3.63, 3.8) is 0 Å². The van der Waals surface area contributed by atoms with Crippen LogP contribution >= 0.6 is 0 Å². The number of rotatable bonds is 9. The Morgan fingerprint density at radius 2 is 1.79 bits per heavy atom. The third-order valence-corrected chi connectivity index (χ3v) is 4.39. The summed E-state index contributed by atoms with van der Waals surface area (Å²) in [5.41, 5.74) is 2.24. The van der Waals surface area contributed by atoms with Gasteiger partial charge in [0.1, 0.15) is 0 Å². The first-order valence-electron chi connectivity index (χ1n) is 9.11. The molecule has 28 heavy (non-hydrogen) atoms. The molecule has 0 saturated heterocycles. The van der Waals surface area contributed by atoms with Crippen LogP contribution in [0.4, 0.5) is 5.69 Å². The van der Waals surface area contributed by atoms with Gasteiger partial charge in [0.25, 0.3) is 11.8 Å². The first kappa shape index (κ1) is 21.2. The maximum Gasteiger partial charge on any atom is 0.279 e. The molecule has 0 spiro atoms. The van der Waals surface area contributed by atoms with Crippen LogP contribution in [-0.4, -0.2) is 53.2 Å². The lowest BCUT2D eigenvalue weighted by atomic mass is 10.1. The molecular formula is C21H28N3O4+. The van der Waals surface area contributed by atoms with Gasteiger partial charge in [-0.25, -0.2) is 0 Å². The Kier molecular flexibility index (Phi) is 7.83. The topological polar surface area (TPSA) is 81.1 Å². The number of carbonyl (C=O) groups excluding carboxylic acids is 2. The van der Waals surface area contributed by atoms with E-state index in [9.17, 15) is 9.59 Å². The Morgan fingerprint density at radius 1 is 1.04 bits per heavy atom. The second-order valence-corrected chi connectivity index (χ2v) is 6.53. The Labute approximate surface area is 165 Å². The Morgan fingerprint density at radius 3 is 2.46 bits per heavy atom. The molecule has 3 N–H and O–H groups in total. The Bertz CT molecular complexity index is 823. The van der Waals surface area contributed by atoms with Crippen molar-refractivity contribution >= 4 is 17.5 Å². The van der Waals surface area contributed by atoms with Gasteiger partial charge in [-0.05, 0) is 35.9 Å². The number of benzene rings is 2. The van der Waals surface area contributed by atoms with Crippen LogP contribution in [0.2, 0.25) is 0 Å². The van der Waals surface area contributed by atoms with Gasteiger partial charge in [-0.15, -0.1) is 0 Å². The van der Waals surface area contributed by atoms with E-state index in [1.807, 2.05) is 25.2 Å². The molecule has 0 saturated carbocycles. The molecule has 0 aliphatic carbocycles. The molecule has 0 fully saturated rings. The van der Waals surface area contributed by atoms with E-state index in [2.05, 4.69) is 10.6 Å².